The molecule has 0 aromatic heterocycles. The van der Waals surface area contributed by atoms with Gasteiger partial charge in [0.25, 0.3) is 0 Å². The Balaban J connectivity index is 2.07. The highest BCUT2D eigenvalue weighted by Crippen LogP contribution is 2.38. The first-order valence-electron chi connectivity index (χ1n) is 5.16. The normalized spacial score (nSPS) is 21.9. The summed E-state index contributed by atoms with van der Waals surface area (Å²) < 4.78 is 5.15. The third kappa shape index (κ3) is 2.24. The molecule has 1 fully saturated rings. The van der Waals surface area contributed by atoms with E-state index in [0.717, 1.165) is 11.0 Å². The van der Waals surface area contributed by atoms with E-state index in [-0.39, 0.29) is 0 Å². The SMILES string of the molecule is COc1ccc([C@@H]2CCCCS2)cc1. The fraction of sp³-hybridized carbons (Fsp3) is 0.500. The Labute approximate surface area is 89.9 Å². The minimum absolute atomic E-state index is 0.717. The third-order valence-corrected chi connectivity index (χ3v) is 4.10. The molecule has 14 heavy (non-hydrogen) atoms. The highest BCUT2D eigenvalue weighted by molar-refractivity contribution is 7.99. The first kappa shape index (κ1) is 9.91. The second kappa shape index (κ2) is 4.74. The second-order valence-electron chi connectivity index (χ2n) is 3.63. The van der Waals surface area contributed by atoms with Crippen LogP contribution in [0.1, 0.15) is 30.1 Å². The predicted octanol–water partition coefficient (Wildman–Crippen LogP) is 3.65. The Morgan fingerprint density at radius 1 is 1.21 bits per heavy atom. The molecular weight excluding hydrogens is 192 g/mol. The van der Waals surface area contributed by atoms with Crippen LogP contribution in [0.3, 0.4) is 0 Å². The van der Waals surface area contributed by atoms with E-state index in [9.17, 15) is 0 Å². The van der Waals surface area contributed by atoms with E-state index in [4.69, 9.17) is 4.74 Å². The van der Waals surface area contributed by atoms with Gasteiger partial charge in [0.1, 0.15) is 5.75 Å². The largest absolute Gasteiger partial charge is 0.497 e. The number of hydrogen-bond donors (Lipinski definition) is 0. The van der Waals surface area contributed by atoms with Gasteiger partial charge in [-0.25, -0.2) is 0 Å². The number of rotatable bonds is 2. The lowest BCUT2D eigenvalue weighted by Gasteiger charge is -2.21. The molecule has 1 aliphatic heterocycles. The number of ether oxygens (including phenoxy) is 1. The molecule has 1 saturated heterocycles. The predicted molar refractivity (Wildman–Crippen MR) is 62.0 cm³/mol. The van der Waals surface area contributed by atoms with Crippen molar-refractivity contribution in [2.24, 2.45) is 0 Å². The molecule has 0 bridgehead atoms. The first-order chi connectivity index (χ1) is 6.90. The fourth-order valence-electron chi connectivity index (χ4n) is 1.82. The molecule has 2 heteroatoms. The molecule has 2 rings (SSSR count). The van der Waals surface area contributed by atoms with Crippen LogP contribution >= 0.6 is 11.8 Å². The van der Waals surface area contributed by atoms with Crippen LogP contribution in [0.4, 0.5) is 0 Å². The summed E-state index contributed by atoms with van der Waals surface area (Å²) in [5.74, 6) is 2.27. The topological polar surface area (TPSA) is 9.23 Å². The Kier molecular flexibility index (Phi) is 3.35. The summed E-state index contributed by atoms with van der Waals surface area (Å²) in [6, 6.07) is 8.51. The summed E-state index contributed by atoms with van der Waals surface area (Å²) in [6.07, 6.45) is 4.10. The minimum Gasteiger partial charge on any atom is -0.497 e. The van der Waals surface area contributed by atoms with Crippen molar-refractivity contribution in [3.63, 3.8) is 0 Å². The van der Waals surface area contributed by atoms with Crippen molar-refractivity contribution >= 4 is 11.8 Å². The highest BCUT2D eigenvalue weighted by Gasteiger charge is 2.15. The third-order valence-electron chi connectivity index (χ3n) is 2.67. The zero-order chi connectivity index (χ0) is 9.80. The molecular formula is C12H16OS. The van der Waals surface area contributed by atoms with Gasteiger partial charge in [-0.3, -0.25) is 0 Å². The highest BCUT2D eigenvalue weighted by atomic mass is 32.2. The molecule has 0 saturated carbocycles. The number of methoxy groups -OCH3 is 1. The number of thioether (sulfide) groups is 1. The van der Waals surface area contributed by atoms with E-state index in [1.165, 1.54) is 30.6 Å². The van der Waals surface area contributed by atoms with E-state index in [0.29, 0.717) is 0 Å². The van der Waals surface area contributed by atoms with Crippen LogP contribution in [0.2, 0.25) is 0 Å². The van der Waals surface area contributed by atoms with Crippen molar-refractivity contribution in [2.45, 2.75) is 24.5 Å². The van der Waals surface area contributed by atoms with Crippen LogP contribution in [0.15, 0.2) is 24.3 Å². The van der Waals surface area contributed by atoms with Gasteiger partial charge in [0.2, 0.25) is 0 Å². The van der Waals surface area contributed by atoms with Crippen LogP contribution in [0, 0.1) is 0 Å². The van der Waals surface area contributed by atoms with Crippen molar-refractivity contribution in [2.75, 3.05) is 12.9 Å². The van der Waals surface area contributed by atoms with E-state index in [1.807, 2.05) is 0 Å². The van der Waals surface area contributed by atoms with Gasteiger partial charge in [0.15, 0.2) is 0 Å². The first-order valence-corrected chi connectivity index (χ1v) is 6.20. The Morgan fingerprint density at radius 3 is 2.57 bits per heavy atom. The molecule has 0 aliphatic carbocycles. The molecule has 0 unspecified atom stereocenters. The van der Waals surface area contributed by atoms with Crippen LogP contribution in [0.25, 0.3) is 0 Å². The summed E-state index contributed by atoms with van der Waals surface area (Å²) in [5, 5.41) is 0.717. The molecule has 1 nitrogen and oxygen atoms in total. The molecule has 0 spiro atoms. The molecule has 1 aromatic rings. The van der Waals surface area contributed by atoms with Gasteiger partial charge < -0.3 is 4.74 Å². The summed E-state index contributed by atoms with van der Waals surface area (Å²) in [4.78, 5) is 0. The fourth-order valence-corrected chi connectivity index (χ4v) is 3.16. The van der Waals surface area contributed by atoms with E-state index < -0.39 is 0 Å². The lowest BCUT2D eigenvalue weighted by atomic mass is 10.1. The van der Waals surface area contributed by atoms with Crippen molar-refractivity contribution in [3.05, 3.63) is 29.8 Å². The minimum atomic E-state index is 0.717. The summed E-state index contributed by atoms with van der Waals surface area (Å²) in [6.45, 7) is 0. The lowest BCUT2D eigenvalue weighted by molar-refractivity contribution is 0.414. The van der Waals surface area contributed by atoms with Crippen molar-refractivity contribution in [3.8, 4) is 5.75 Å². The van der Waals surface area contributed by atoms with Crippen LogP contribution in [0.5, 0.6) is 5.75 Å². The van der Waals surface area contributed by atoms with Gasteiger partial charge in [-0.2, -0.15) is 11.8 Å². The maximum Gasteiger partial charge on any atom is 0.118 e. The Morgan fingerprint density at radius 2 is 2.00 bits per heavy atom. The van der Waals surface area contributed by atoms with Gasteiger partial charge in [-0.1, -0.05) is 18.6 Å². The van der Waals surface area contributed by atoms with Gasteiger partial charge in [-0.05, 0) is 36.3 Å². The maximum atomic E-state index is 5.15. The quantitative estimate of drug-likeness (QED) is 0.733. The zero-order valence-corrected chi connectivity index (χ0v) is 9.35. The summed E-state index contributed by atoms with van der Waals surface area (Å²) in [7, 11) is 1.71. The standard InChI is InChI=1S/C12H16OS/c1-13-11-7-5-10(6-8-11)12-4-2-3-9-14-12/h5-8,12H,2-4,9H2,1H3/t12-/m0/s1. The number of hydrogen-bond acceptors (Lipinski definition) is 2. The Hall–Kier alpha value is -0.630. The zero-order valence-electron chi connectivity index (χ0n) is 8.53. The van der Waals surface area contributed by atoms with E-state index >= 15 is 0 Å². The molecule has 0 N–H and O–H groups in total. The van der Waals surface area contributed by atoms with Gasteiger partial charge in [-0.15, -0.1) is 0 Å². The van der Waals surface area contributed by atoms with Gasteiger partial charge in [0.05, 0.1) is 7.11 Å². The van der Waals surface area contributed by atoms with Crippen LogP contribution in [-0.2, 0) is 0 Å². The van der Waals surface area contributed by atoms with Crippen molar-refractivity contribution in [1.29, 1.82) is 0 Å². The molecule has 0 radical (unpaired) electrons. The summed E-state index contributed by atoms with van der Waals surface area (Å²) >= 11 is 2.09. The molecule has 1 aromatic carbocycles. The van der Waals surface area contributed by atoms with Crippen molar-refractivity contribution in [1.82, 2.24) is 0 Å². The molecule has 1 atom stereocenters. The molecule has 1 aliphatic rings. The molecule has 76 valence electrons. The second-order valence-corrected chi connectivity index (χ2v) is 4.94. The van der Waals surface area contributed by atoms with E-state index in [2.05, 4.69) is 36.0 Å². The Bertz CT molecular complexity index is 275. The monoisotopic (exact) mass is 208 g/mol. The smallest absolute Gasteiger partial charge is 0.118 e. The lowest BCUT2D eigenvalue weighted by Crippen LogP contribution is -2.01. The average Bonchev–Trinajstić information content (AvgIpc) is 2.30. The molecule has 0 amide bonds. The van der Waals surface area contributed by atoms with E-state index in [1.54, 1.807) is 7.11 Å². The molecule has 1 heterocycles. The number of benzene rings is 1. The van der Waals surface area contributed by atoms with Crippen LogP contribution in [-0.4, -0.2) is 12.9 Å². The summed E-state index contributed by atoms with van der Waals surface area (Å²) in [5.41, 5.74) is 1.45. The average molecular weight is 208 g/mol. The van der Waals surface area contributed by atoms with Gasteiger partial charge in [0, 0.05) is 5.25 Å². The van der Waals surface area contributed by atoms with Crippen LogP contribution < -0.4 is 4.74 Å². The maximum absolute atomic E-state index is 5.15. The van der Waals surface area contributed by atoms with Crippen molar-refractivity contribution < 1.29 is 4.74 Å². The van der Waals surface area contributed by atoms with Gasteiger partial charge >= 0.3 is 0 Å².